The highest BCUT2D eigenvalue weighted by molar-refractivity contribution is 6.04. The minimum absolute atomic E-state index is 0.0846. The molecule has 1 atom stereocenters. The third-order valence-electron chi connectivity index (χ3n) is 5.70. The number of halogens is 1. The summed E-state index contributed by atoms with van der Waals surface area (Å²) < 4.78 is 27.7. The number of aromatic nitrogens is 3. The van der Waals surface area contributed by atoms with Gasteiger partial charge < -0.3 is 18.9 Å². The number of ether oxygens (including phenoxy) is 2. The fourth-order valence-corrected chi connectivity index (χ4v) is 4.03. The molecule has 1 saturated heterocycles. The van der Waals surface area contributed by atoms with Crippen molar-refractivity contribution in [2.24, 2.45) is 0 Å². The summed E-state index contributed by atoms with van der Waals surface area (Å²) in [5.41, 5.74) is 1.22. The van der Waals surface area contributed by atoms with Gasteiger partial charge in [-0.3, -0.25) is 9.59 Å². The van der Waals surface area contributed by atoms with E-state index in [1.807, 2.05) is 10.8 Å². The Bertz CT molecular complexity index is 1150. The number of benzene rings is 1. The fraction of sp³-hybridized carbons (Fsp3) is 0.304. The van der Waals surface area contributed by atoms with Crippen LogP contribution in [-0.4, -0.2) is 45.5 Å². The SMILES string of the molecule is O=C1CCc2c(F)cc(N3CC[C@@H](Oc4ccc(OCCn5ccnc5)nc4)C3=O)cc21. The Morgan fingerprint density at radius 1 is 1.19 bits per heavy atom. The molecule has 9 heteroatoms. The monoisotopic (exact) mass is 436 g/mol. The van der Waals surface area contributed by atoms with Crippen LogP contribution in [0.5, 0.6) is 11.6 Å². The average molecular weight is 436 g/mol. The molecule has 164 valence electrons. The zero-order valence-electron chi connectivity index (χ0n) is 17.2. The quantitative estimate of drug-likeness (QED) is 0.566. The number of hydrogen-bond donors (Lipinski definition) is 0. The highest BCUT2D eigenvalue weighted by Crippen LogP contribution is 2.32. The lowest BCUT2D eigenvalue weighted by Crippen LogP contribution is -2.32. The summed E-state index contributed by atoms with van der Waals surface area (Å²) in [6, 6.07) is 6.33. The maximum absolute atomic E-state index is 14.4. The van der Waals surface area contributed by atoms with Gasteiger partial charge in [-0.15, -0.1) is 0 Å². The molecule has 1 aliphatic carbocycles. The Labute approximate surface area is 183 Å². The van der Waals surface area contributed by atoms with Gasteiger partial charge >= 0.3 is 0 Å². The smallest absolute Gasteiger partial charge is 0.268 e. The number of nitrogens with zero attached hydrogens (tertiary/aromatic N) is 4. The van der Waals surface area contributed by atoms with E-state index in [-0.39, 0.29) is 11.7 Å². The standard InChI is InChI=1S/C23H21FN4O4/c24-19-12-15(11-18-17(19)2-3-20(18)29)28-7-5-21(23(28)30)32-16-1-4-22(26-13-16)31-10-9-27-8-6-25-14-27/h1,4,6,8,11-14,21H,2-3,5,7,9-10H2/t21-/m1/s1. The maximum atomic E-state index is 14.4. The number of carbonyl (C=O) groups excluding carboxylic acids is 2. The van der Waals surface area contributed by atoms with Gasteiger partial charge in [0, 0.05) is 49.1 Å². The van der Waals surface area contributed by atoms with Gasteiger partial charge in [0.2, 0.25) is 5.88 Å². The lowest BCUT2D eigenvalue weighted by atomic mass is 10.1. The molecular formula is C23H21FN4O4. The lowest BCUT2D eigenvalue weighted by Gasteiger charge is -2.18. The largest absolute Gasteiger partial charge is 0.479 e. The number of amides is 1. The van der Waals surface area contributed by atoms with Crippen molar-refractivity contribution in [1.82, 2.24) is 14.5 Å². The number of Topliss-reactive ketones (excluding diaryl/α,β-unsaturated/α-hetero) is 1. The van der Waals surface area contributed by atoms with Crippen LogP contribution >= 0.6 is 0 Å². The summed E-state index contributed by atoms with van der Waals surface area (Å²) in [5.74, 6) is 0.111. The van der Waals surface area contributed by atoms with Crippen molar-refractivity contribution in [3.05, 3.63) is 66.1 Å². The predicted molar refractivity (Wildman–Crippen MR) is 112 cm³/mol. The minimum Gasteiger partial charge on any atom is -0.479 e. The third kappa shape index (κ3) is 3.93. The first kappa shape index (κ1) is 20.2. The molecule has 0 N–H and O–H groups in total. The molecule has 1 aromatic carbocycles. The molecule has 0 saturated carbocycles. The van der Waals surface area contributed by atoms with Crippen LogP contribution in [0, 0.1) is 5.82 Å². The highest BCUT2D eigenvalue weighted by atomic mass is 19.1. The molecular weight excluding hydrogens is 415 g/mol. The number of carbonyl (C=O) groups is 2. The van der Waals surface area contributed by atoms with Crippen molar-refractivity contribution in [3.8, 4) is 11.6 Å². The molecule has 5 rings (SSSR count). The van der Waals surface area contributed by atoms with E-state index < -0.39 is 11.9 Å². The Morgan fingerprint density at radius 2 is 2.09 bits per heavy atom. The Balaban J connectivity index is 1.20. The average Bonchev–Trinajstić information content (AvgIpc) is 3.52. The number of pyridine rings is 1. The normalized spacial score (nSPS) is 17.7. The van der Waals surface area contributed by atoms with Crippen LogP contribution in [0.15, 0.2) is 49.2 Å². The van der Waals surface area contributed by atoms with E-state index in [0.29, 0.717) is 67.4 Å². The number of anilines is 1. The van der Waals surface area contributed by atoms with Gasteiger partial charge in [0.25, 0.3) is 5.91 Å². The molecule has 8 nitrogen and oxygen atoms in total. The van der Waals surface area contributed by atoms with Gasteiger partial charge in [-0.25, -0.2) is 14.4 Å². The van der Waals surface area contributed by atoms with E-state index in [1.165, 1.54) is 17.2 Å². The summed E-state index contributed by atoms with van der Waals surface area (Å²) >= 11 is 0. The number of imidazole rings is 1. The van der Waals surface area contributed by atoms with Crippen molar-refractivity contribution in [2.45, 2.75) is 31.9 Å². The Hall–Kier alpha value is -3.75. The number of rotatable bonds is 7. The van der Waals surface area contributed by atoms with E-state index in [2.05, 4.69) is 9.97 Å². The molecule has 0 radical (unpaired) electrons. The molecule has 32 heavy (non-hydrogen) atoms. The van der Waals surface area contributed by atoms with Gasteiger partial charge in [-0.1, -0.05) is 0 Å². The second-order valence-electron chi connectivity index (χ2n) is 7.74. The Kier molecular flexibility index (Phi) is 5.30. The maximum Gasteiger partial charge on any atom is 0.268 e. The van der Waals surface area contributed by atoms with Crippen molar-refractivity contribution >= 4 is 17.4 Å². The van der Waals surface area contributed by atoms with E-state index in [4.69, 9.17) is 9.47 Å². The molecule has 1 aliphatic heterocycles. The highest BCUT2D eigenvalue weighted by Gasteiger charge is 2.36. The zero-order chi connectivity index (χ0) is 22.1. The second kappa shape index (κ2) is 8.41. The topological polar surface area (TPSA) is 86.6 Å². The van der Waals surface area contributed by atoms with Crippen LogP contribution in [0.25, 0.3) is 0 Å². The molecule has 3 aromatic rings. The summed E-state index contributed by atoms with van der Waals surface area (Å²) in [7, 11) is 0. The molecule has 3 heterocycles. The first-order chi connectivity index (χ1) is 15.6. The van der Waals surface area contributed by atoms with Crippen molar-refractivity contribution in [3.63, 3.8) is 0 Å². The Morgan fingerprint density at radius 3 is 2.88 bits per heavy atom. The third-order valence-corrected chi connectivity index (χ3v) is 5.70. The minimum atomic E-state index is -0.697. The molecule has 0 bridgehead atoms. The first-order valence-electron chi connectivity index (χ1n) is 10.5. The van der Waals surface area contributed by atoms with E-state index >= 15 is 0 Å². The summed E-state index contributed by atoms with van der Waals surface area (Å²) in [5, 5.41) is 0. The molecule has 0 spiro atoms. The summed E-state index contributed by atoms with van der Waals surface area (Å²) in [6.07, 6.45) is 7.26. The van der Waals surface area contributed by atoms with Crippen LogP contribution in [0.2, 0.25) is 0 Å². The van der Waals surface area contributed by atoms with E-state index in [0.717, 1.165) is 0 Å². The fourth-order valence-electron chi connectivity index (χ4n) is 4.03. The predicted octanol–water partition coefficient (Wildman–Crippen LogP) is 2.81. The molecule has 2 aromatic heterocycles. The van der Waals surface area contributed by atoms with Crippen LogP contribution < -0.4 is 14.4 Å². The number of ketones is 1. The zero-order valence-corrected chi connectivity index (χ0v) is 17.2. The van der Waals surface area contributed by atoms with Gasteiger partial charge in [-0.05, 0) is 30.2 Å². The van der Waals surface area contributed by atoms with Crippen molar-refractivity contribution in [1.29, 1.82) is 0 Å². The summed E-state index contributed by atoms with van der Waals surface area (Å²) in [4.78, 5) is 34.5. The number of fused-ring (bicyclic) bond motifs is 1. The lowest BCUT2D eigenvalue weighted by molar-refractivity contribution is -0.122. The van der Waals surface area contributed by atoms with E-state index in [1.54, 1.807) is 30.7 Å². The van der Waals surface area contributed by atoms with Crippen molar-refractivity contribution in [2.75, 3.05) is 18.1 Å². The van der Waals surface area contributed by atoms with Crippen LogP contribution in [0.3, 0.4) is 0 Å². The van der Waals surface area contributed by atoms with Gasteiger partial charge in [0.05, 0.1) is 19.1 Å². The second-order valence-corrected chi connectivity index (χ2v) is 7.74. The van der Waals surface area contributed by atoms with E-state index in [9.17, 15) is 14.0 Å². The van der Waals surface area contributed by atoms with Crippen LogP contribution in [0.4, 0.5) is 10.1 Å². The van der Waals surface area contributed by atoms with Crippen molar-refractivity contribution < 1.29 is 23.5 Å². The first-order valence-corrected chi connectivity index (χ1v) is 10.5. The van der Waals surface area contributed by atoms with Gasteiger partial charge in [0.1, 0.15) is 18.2 Å². The molecule has 1 fully saturated rings. The van der Waals surface area contributed by atoms with Gasteiger partial charge in [-0.2, -0.15) is 0 Å². The number of hydrogen-bond acceptors (Lipinski definition) is 6. The van der Waals surface area contributed by atoms with Gasteiger partial charge in [0.15, 0.2) is 11.9 Å². The molecule has 2 aliphatic rings. The molecule has 0 unspecified atom stereocenters. The summed E-state index contributed by atoms with van der Waals surface area (Å²) in [6.45, 7) is 1.49. The van der Waals surface area contributed by atoms with Crippen LogP contribution in [0.1, 0.15) is 28.8 Å². The van der Waals surface area contributed by atoms with Crippen LogP contribution in [-0.2, 0) is 17.8 Å². The molecule has 1 amide bonds.